The standard InChI is InChI=1S/C11H13BrClN3/c1-11(2,3)16-9(5-13)15-8-4-7(12)6-14-10(8)16/h4,6H,5H2,1-3H3. The molecule has 0 amide bonds. The van der Waals surface area contributed by atoms with Gasteiger partial charge in [-0.3, -0.25) is 0 Å². The smallest absolute Gasteiger partial charge is 0.160 e. The minimum Gasteiger partial charge on any atom is -0.306 e. The lowest BCUT2D eigenvalue weighted by Gasteiger charge is -2.23. The van der Waals surface area contributed by atoms with E-state index in [0.717, 1.165) is 21.5 Å². The van der Waals surface area contributed by atoms with E-state index in [4.69, 9.17) is 11.6 Å². The van der Waals surface area contributed by atoms with E-state index in [-0.39, 0.29) is 5.54 Å². The van der Waals surface area contributed by atoms with Crippen molar-refractivity contribution in [1.82, 2.24) is 14.5 Å². The number of halogens is 2. The fourth-order valence-electron chi connectivity index (χ4n) is 1.78. The summed E-state index contributed by atoms with van der Waals surface area (Å²) in [4.78, 5) is 8.91. The van der Waals surface area contributed by atoms with Crippen LogP contribution in [0.25, 0.3) is 11.2 Å². The van der Waals surface area contributed by atoms with Crippen LogP contribution in [0.15, 0.2) is 16.7 Å². The quantitative estimate of drug-likeness (QED) is 0.752. The molecule has 0 radical (unpaired) electrons. The SMILES string of the molecule is CC(C)(C)n1c(CCl)nc2cc(Br)cnc21. The number of hydrogen-bond donors (Lipinski definition) is 0. The molecule has 2 aromatic rings. The van der Waals surface area contributed by atoms with Gasteiger partial charge in [0.2, 0.25) is 0 Å². The van der Waals surface area contributed by atoms with Crippen LogP contribution in [0.5, 0.6) is 0 Å². The summed E-state index contributed by atoms with van der Waals surface area (Å²) >= 11 is 9.32. The second-order valence-electron chi connectivity index (χ2n) is 4.66. The molecule has 0 aromatic carbocycles. The van der Waals surface area contributed by atoms with E-state index in [9.17, 15) is 0 Å². The van der Waals surface area contributed by atoms with E-state index in [1.807, 2.05) is 6.07 Å². The van der Waals surface area contributed by atoms with Gasteiger partial charge in [-0.1, -0.05) is 0 Å². The van der Waals surface area contributed by atoms with E-state index in [0.29, 0.717) is 5.88 Å². The first-order chi connectivity index (χ1) is 7.43. The van der Waals surface area contributed by atoms with Crippen molar-refractivity contribution in [2.24, 2.45) is 0 Å². The van der Waals surface area contributed by atoms with E-state index in [2.05, 4.69) is 51.2 Å². The van der Waals surface area contributed by atoms with Crippen molar-refractivity contribution >= 4 is 38.7 Å². The van der Waals surface area contributed by atoms with Gasteiger partial charge in [-0.15, -0.1) is 11.6 Å². The lowest BCUT2D eigenvalue weighted by molar-refractivity contribution is 0.396. The summed E-state index contributed by atoms with van der Waals surface area (Å²) in [5, 5.41) is 0. The van der Waals surface area contributed by atoms with Gasteiger partial charge in [0, 0.05) is 16.2 Å². The van der Waals surface area contributed by atoms with Gasteiger partial charge in [0.15, 0.2) is 5.65 Å². The van der Waals surface area contributed by atoms with Crippen LogP contribution >= 0.6 is 27.5 Å². The van der Waals surface area contributed by atoms with Gasteiger partial charge in [0.05, 0.1) is 5.88 Å². The fourth-order valence-corrected chi connectivity index (χ4v) is 2.28. The first kappa shape index (κ1) is 11.9. The molecule has 16 heavy (non-hydrogen) atoms. The number of rotatable bonds is 1. The van der Waals surface area contributed by atoms with Gasteiger partial charge in [-0.25, -0.2) is 9.97 Å². The fraction of sp³-hybridized carbons (Fsp3) is 0.455. The van der Waals surface area contributed by atoms with Crippen molar-refractivity contribution in [3.05, 3.63) is 22.6 Å². The number of hydrogen-bond acceptors (Lipinski definition) is 2. The van der Waals surface area contributed by atoms with E-state index >= 15 is 0 Å². The summed E-state index contributed by atoms with van der Waals surface area (Å²) in [6, 6.07) is 1.96. The minimum absolute atomic E-state index is 0.0696. The van der Waals surface area contributed by atoms with Gasteiger partial charge in [-0.05, 0) is 42.8 Å². The Kier molecular flexibility index (Phi) is 2.97. The highest BCUT2D eigenvalue weighted by atomic mass is 79.9. The van der Waals surface area contributed by atoms with Crippen molar-refractivity contribution in [3.63, 3.8) is 0 Å². The number of pyridine rings is 1. The third-order valence-corrected chi connectivity index (χ3v) is 3.00. The Morgan fingerprint density at radius 1 is 1.44 bits per heavy atom. The van der Waals surface area contributed by atoms with Gasteiger partial charge < -0.3 is 4.57 Å². The third kappa shape index (κ3) is 1.96. The first-order valence-electron chi connectivity index (χ1n) is 5.03. The zero-order valence-corrected chi connectivity index (χ0v) is 11.8. The Bertz CT molecular complexity index is 528. The van der Waals surface area contributed by atoms with Crippen molar-refractivity contribution in [3.8, 4) is 0 Å². The lowest BCUT2D eigenvalue weighted by atomic mass is 10.1. The normalized spacial score (nSPS) is 12.3. The largest absolute Gasteiger partial charge is 0.306 e. The van der Waals surface area contributed by atoms with Crippen molar-refractivity contribution < 1.29 is 0 Å². The van der Waals surface area contributed by atoms with E-state index in [1.54, 1.807) is 6.20 Å². The summed E-state index contributed by atoms with van der Waals surface area (Å²) in [5.74, 6) is 1.25. The number of nitrogens with zero attached hydrogens (tertiary/aromatic N) is 3. The Labute approximate surface area is 108 Å². The summed E-state index contributed by atoms with van der Waals surface area (Å²) in [5.41, 5.74) is 1.69. The molecule has 0 aliphatic heterocycles. The van der Waals surface area contributed by atoms with Crippen LogP contribution in [0, 0.1) is 0 Å². The molecular formula is C11H13BrClN3. The van der Waals surface area contributed by atoms with Crippen LogP contribution in [0.1, 0.15) is 26.6 Å². The molecule has 0 N–H and O–H groups in total. The Morgan fingerprint density at radius 3 is 2.69 bits per heavy atom. The number of alkyl halides is 1. The Balaban J connectivity index is 2.79. The summed E-state index contributed by atoms with van der Waals surface area (Å²) < 4.78 is 3.02. The molecular weight excluding hydrogens is 289 g/mol. The van der Waals surface area contributed by atoms with Crippen LogP contribution in [-0.4, -0.2) is 14.5 Å². The summed E-state index contributed by atoms with van der Waals surface area (Å²) in [6.07, 6.45) is 1.78. The second-order valence-corrected chi connectivity index (χ2v) is 5.85. The molecule has 2 rings (SSSR count). The first-order valence-corrected chi connectivity index (χ1v) is 6.35. The van der Waals surface area contributed by atoms with Crippen LogP contribution < -0.4 is 0 Å². The Hall–Kier alpha value is -0.610. The van der Waals surface area contributed by atoms with E-state index < -0.39 is 0 Å². The maximum absolute atomic E-state index is 5.93. The molecule has 5 heteroatoms. The summed E-state index contributed by atoms with van der Waals surface area (Å²) in [7, 11) is 0. The lowest BCUT2D eigenvalue weighted by Crippen LogP contribution is -2.24. The molecule has 86 valence electrons. The molecule has 0 saturated heterocycles. The maximum Gasteiger partial charge on any atom is 0.160 e. The molecule has 0 atom stereocenters. The second kappa shape index (κ2) is 4.00. The topological polar surface area (TPSA) is 30.7 Å². The zero-order valence-electron chi connectivity index (χ0n) is 9.46. The molecule has 0 bridgehead atoms. The molecule has 0 aliphatic rings. The summed E-state index contributed by atoms with van der Waals surface area (Å²) in [6.45, 7) is 6.36. The van der Waals surface area contributed by atoms with Crippen LogP contribution in [-0.2, 0) is 11.4 Å². The average molecular weight is 303 g/mol. The Morgan fingerprint density at radius 2 is 2.12 bits per heavy atom. The van der Waals surface area contributed by atoms with Crippen LogP contribution in [0.2, 0.25) is 0 Å². The highest BCUT2D eigenvalue weighted by Crippen LogP contribution is 2.26. The number of fused-ring (bicyclic) bond motifs is 1. The monoisotopic (exact) mass is 301 g/mol. The molecule has 3 nitrogen and oxygen atoms in total. The van der Waals surface area contributed by atoms with Gasteiger partial charge in [0.1, 0.15) is 11.3 Å². The number of aromatic nitrogens is 3. The highest BCUT2D eigenvalue weighted by Gasteiger charge is 2.21. The van der Waals surface area contributed by atoms with Crippen molar-refractivity contribution in [2.75, 3.05) is 0 Å². The van der Waals surface area contributed by atoms with Crippen molar-refractivity contribution in [2.45, 2.75) is 32.2 Å². The van der Waals surface area contributed by atoms with Gasteiger partial charge >= 0.3 is 0 Å². The molecule has 0 saturated carbocycles. The minimum atomic E-state index is -0.0696. The molecule has 0 fully saturated rings. The molecule has 0 spiro atoms. The third-order valence-electron chi connectivity index (χ3n) is 2.32. The predicted octanol–water partition coefficient (Wildman–Crippen LogP) is 3.69. The average Bonchev–Trinajstić information content (AvgIpc) is 2.54. The van der Waals surface area contributed by atoms with E-state index in [1.165, 1.54) is 0 Å². The number of imidazole rings is 1. The molecule has 2 heterocycles. The molecule has 2 aromatic heterocycles. The highest BCUT2D eigenvalue weighted by molar-refractivity contribution is 9.10. The van der Waals surface area contributed by atoms with Crippen molar-refractivity contribution in [1.29, 1.82) is 0 Å². The van der Waals surface area contributed by atoms with Gasteiger partial charge in [-0.2, -0.15) is 0 Å². The van der Waals surface area contributed by atoms with Crippen LogP contribution in [0.3, 0.4) is 0 Å². The zero-order chi connectivity index (χ0) is 11.9. The van der Waals surface area contributed by atoms with Crippen LogP contribution in [0.4, 0.5) is 0 Å². The maximum atomic E-state index is 5.93. The molecule has 0 aliphatic carbocycles. The van der Waals surface area contributed by atoms with Gasteiger partial charge in [0.25, 0.3) is 0 Å². The predicted molar refractivity (Wildman–Crippen MR) is 69.8 cm³/mol. The molecule has 0 unspecified atom stereocenters.